The normalized spacial score (nSPS) is 19.3. The molecule has 0 aliphatic carbocycles. The lowest BCUT2D eigenvalue weighted by atomic mass is 9.79. The van der Waals surface area contributed by atoms with E-state index >= 15 is 0 Å². The van der Waals surface area contributed by atoms with E-state index in [1.807, 2.05) is 72.8 Å². The van der Waals surface area contributed by atoms with Gasteiger partial charge in [0.1, 0.15) is 30.4 Å². The van der Waals surface area contributed by atoms with E-state index in [2.05, 4.69) is 22.2 Å². The molecule has 42 heavy (non-hydrogen) atoms. The predicted octanol–water partition coefficient (Wildman–Crippen LogP) is 7.29. The summed E-state index contributed by atoms with van der Waals surface area (Å²) in [5.41, 5.74) is 3.72. The molecule has 1 aromatic heterocycles. The van der Waals surface area contributed by atoms with Crippen LogP contribution in [0.25, 0.3) is 17.3 Å². The van der Waals surface area contributed by atoms with E-state index in [1.54, 1.807) is 14.2 Å². The number of hydrogen-bond donors (Lipinski definition) is 0. The van der Waals surface area contributed by atoms with Crippen LogP contribution in [0.2, 0.25) is 0 Å². The SMILES string of the molecule is COc1ccc(COc2ccc(-c3cc(C=CC4CN5CCC4CC5)on3)cc2OCc2ccc(OC)cc2)cc1.Cl. The number of nitrogens with zero attached hydrogens (tertiary/aromatic N) is 2. The van der Waals surface area contributed by atoms with Gasteiger partial charge in [0.05, 0.1) is 14.2 Å². The highest BCUT2D eigenvalue weighted by molar-refractivity contribution is 5.85. The molecule has 0 radical (unpaired) electrons. The van der Waals surface area contributed by atoms with E-state index in [0.29, 0.717) is 30.6 Å². The van der Waals surface area contributed by atoms with E-state index < -0.39 is 0 Å². The molecule has 3 fully saturated rings. The predicted molar refractivity (Wildman–Crippen MR) is 166 cm³/mol. The first kappa shape index (κ1) is 29.5. The highest BCUT2D eigenvalue weighted by atomic mass is 35.5. The van der Waals surface area contributed by atoms with Gasteiger partial charge >= 0.3 is 0 Å². The van der Waals surface area contributed by atoms with Gasteiger partial charge in [0.25, 0.3) is 0 Å². The largest absolute Gasteiger partial charge is 0.497 e. The second-order valence-corrected chi connectivity index (χ2v) is 10.7. The van der Waals surface area contributed by atoms with E-state index in [4.69, 9.17) is 23.5 Å². The van der Waals surface area contributed by atoms with Crippen molar-refractivity contribution in [1.29, 1.82) is 0 Å². The monoisotopic (exact) mass is 588 g/mol. The Hall–Kier alpha value is -3.94. The molecule has 3 aliphatic heterocycles. The Bertz CT molecular complexity index is 1460. The molecule has 3 aromatic carbocycles. The minimum Gasteiger partial charge on any atom is -0.497 e. The summed E-state index contributed by atoms with van der Waals surface area (Å²) in [5, 5.41) is 4.36. The number of fused-ring (bicyclic) bond motifs is 3. The van der Waals surface area contributed by atoms with Crippen LogP contribution in [0, 0.1) is 11.8 Å². The summed E-state index contributed by atoms with van der Waals surface area (Å²) in [5.74, 6) is 5.05. The lowest BCUT2D eigenvalue weighted by Crippen LogP contribution is -2.46. The number of halogens is 1. The molecule has 7 nitrogen and oxygen atoms in total. The molecule has 1 unspecified atom stereocenters. The van der Waals surface area contributed by atoms with E-state index in [0.717, 1.165) is 52.1 Å². The molecule has 3 aliphatic rings. The van der Waals surface area contributed by atoms with Crippen LogP contribution in [0.4, 0.5) is 0 Å². The van der Waals surface area contributed by atoms with Gasteiger partial charge in [-0.1, -0.05) is 35.5 Å². The van der Waals surface area contributed by atoms with Crippen LogP contribution in [0.5, 0.6) is 23.0 Å². The van der Waals surface area contributed by atoms with Crippen molar-refractivity contribution in [2.24, 2.45) is 11.8 Å². The average molecular weight is 589 g/mol. The molecular formula is C34H37ClN2O5. The summed E-state index contributed by atoms with van der Waals surface area (Å²) in [6.07, 6.45) is 6.97. The molecule has 220 valence electrons. The second kappa shape index (κ2) is 13.8. The number of ether oxygens (including phenoxy) is 4. The molecule has 0 spiro atoms. The minimum absolute atomic E-state index is 0. The third-order valence-electron chi connectivity index (χ3n) is 8.09. The van der Waals surface area contributed by atoms with Crippen molar-refractivity contribution in [3.05, 3.63) is 95.8 Å². The van der Waals surface area contributed by atoms with Gasteiger partial charge in [-0.05, 0) is 97.4 Å². The quantitative estimate of drug-likeness (QED) is 0.182. The summed E-state index contributed by atoms with van der Waals surface area (Å²) in [6, 6.07) is 23.5. The van der Waals surface area contributed by atoms with Gasteiger partial charge in [0.2, 0.25) is 0 Å². The maximum atomic E-state index is 6.28. The Labute approximate surface area is 253 Å². The van der Waals surface area contributed by atoms with Crippen molar-refractivity contribution in [2.45, 2.75) is 26.1 Å². The van der Waals surface area contributed by atoms with Crippen LogP contribution >= 0.6 is 12.4 Å². The zero-order valence-electron chi connectivity index (χ0n) is 24.0. The zero-order chi connectivity index (χ0) is 28.0. The molecule has 0 N–H and O–H groups in total. The van der Waals surface area contributed by atoms with Gasteiger partial charge in [0.15, 0.2) is 17.3 Å². The van der Waals surface area contributed by atoms with E-state index in [9.17, 15) is 0 Å². The van der Waals surface area contributed by atoms with Crippen molar-refractivity contribution in [1.82, 2.24) is 10.1 Å². The lowest BCUT2D eigenvalue weighted by molar-refractivity contribution is 0.0739. The standard InChI is InChI=1S/C34H36N2O5.ClH/c1-37-29-9-3-24(4-10-29)22-39-33-14-8-27(19-34(33)40-23-25-5-11-30(38-2)12-6-25)32-20-31(41-35-32)13-7-28-21-36-17-15-26(28)16-18-36;/h3-14,19-20,26,28H,15-18,21-23H2,1-2H3;1H. The Morgan fingerprint density at radius 3 is 2.00 bits per heavy atom. The Morgan fingerprint density at radius 1 is 0.810 bits per heavy atom. The maximum Gasteiger partial charge on any atom is 0.162 e. The maximum absolute atomic E-state index is 6.28. The lowest BCUT2D eigenvalue weighted by Gasteiger charge is -2.43. The van der Waals surface area contributed by atoms with Crippen LogP contribution < -0.4 is 18.9 Å². The van der Waals surface area contributed by atoms with Crippen molar-refractivity contribution < 1.29 is 23.5 Å². The number of methoxy groups -OCH3 is 2. The molecule has 3 saturated heterocycles. The van der Waals surface area contributed by atoms with Crippen LogP contribution in [-0.2, 0) is 13.2 Å². The second-order valence-electron chi connectivity index (χ2n) is 10.7. The fourth-order valence-electron chi connectivity index (χ4n) is 5.62. The van der Waals surface area contributed by atoms with Crippen molar-refractivity contribution in [3.63, 3.8) is 0 Å². The van der Waals surface area contributed by atoms with Crippen LogP contribution in [0.3, 0.4) is 0 Å². The number of piperidine rings is 3. The van der Waals surface area contributed by atoms with Gasteiger partial charge < -0.3 is 28.4 Å². The fourth-order valence-corrected chi connectivity index (χ4v) is 5.62. The average Bonchev–Trinajstić information content (AvgIpc) is 3.52. The summed E-state index contributed by atoms with van der Waals surface area (Å²) < 4.78 is 28.7. The summed E-state index contributed by atoms with van der Waals surface area (Å²) >= 11 is 0. The molecule has 1 atom stereocenters. The van der Waals surface area contributed by atoms with Gasteiger partial charge in [-0.25, -0.2) is 0 Å². The van der Waals surface area contributed by atoms with E-state index in [1.165, 1.54) is 25.9 Å². The molecule has 4 aromatic rings. The number of aromatic nitrogens is 1. The number of benzene rings is 3. The molecule has 8 heteroatoms. The van der Waals surface area contributed by atoms with Crippen LogP contribution in [0.15, 0.2) is 83.4 Å². The minimum atomic E-state index is 0. The summed E-state index contributed by atoms with van der Waals surface area (Å²) in [7, 11) is 3.32. The fraction of sp³-hybridized carbons (Fsp3) is 0.324. The van der Waals surface area contributed by atoms with Crippen molar-refractivity contribution >= 4 is 18.5 Å². The third-order valence-corrected chi connectivity index (χ3v) is 8.09. The van der Waals surface area contributed by atoms with Gasteiger partial charge in [0, 0.05) is 18.2 Å². The van der Waals surface area contributed by atoms with Crippen molar-refractivity contribution in [2.75, 3.05) is 33.9 Å². The smallest absolute Gasteiger partial charge is 0.162 e. The third kappa shape index (κ3) is 7.09. The Balaban J connectivity index is 0.00000353. The summed E-state index contributed by atoms with van der Waals surface area (Å²) in [4.78, 5) is 2.56. The zero-order valence-corrected chi connectivity index (χ0v) is 24.8. The Morgan fingerprint density at radius 2 is 1.43 bits per heavy atom. The van der Waals surface area contributed by atoms with E-state index in [-0.39, 0.29) is 12.4 Å². The first-order chi connectivity index (χ1) is 20.2. The molecule has 7 rings (SSSR count). The topological polar surface area (TPSA) is 66.2 Å². The number of rotatable bonds is 11. The highest BCUT2D eigenvalue weighted by Gasteiger charge is 2.32. The Kier molecular flexibility index (Phi) is 9.72. The first-order valence-electron chi connectivity index (χ1n) is 14.2. The molecule has 2 bridgehead atoms. The van der Waals surface area contributed by atoms with Gasteiger partial charge in [-0.3, -0.25) is 0 Å². The molecular weight excluding hydrogens is 552 g/mol. The molecule has 4 heterocycles. The van der Waals surface area contributed by atoms with Crippen molar-refractivity contribution in [3.8, 4) is 34.3 Å². The first-order valence-corrected chi connectivity index (χ1v) is 14.2. The van der Waals surface area contributed by atoms with Gasteiger partial charge in [-0.15, -0.1) is 12.4 Å². The van der Waals surface area contributed by atoms with Gasteiger partial charge in [-0.2, -0.15) is 0 Å². The van der Waals surface area contributed by atoms with Crippen LogP contribution in [0.1, 0.15) is 29.7 Å². The summed E-state index contributed by atoms with van der Waals surface area (Å²) in [6.45, 7) is 4.42. The van der Waals surface area contributed by atoms with Crippen LogP contribution in [-0.4, -0.2) is 43.9 Å². The molecule has 0 amide bonds. The molecule has 0 saturated carbocycles. The highest BCUT2D eigenvalue weighted by Crippen LogP contribution is 2.35. The number of hydrogen-bond acceptors (Lipinski definition) is 7.